The highest BCUT2D eigenvalue weighted by atomic mass is 79.9. The second-order valence-electron chi connectivity index (χ2n) is 4.63. The smallest absolute Gasteiger partial charge is 0.162 e. The van der Waals surface area contributed by atoms with Crippen molar-refractivity contribution in [2.24, 2.45) is 5.73 Å². The second-order valence-corrected chi connectivity index (χ2v) is 5.89. The maximum absolute atomic E-state index is 14.0. The molecule has 2 aromatic carbocycles. The molecule has 3 nitrogen and oxygen atoms in total. The zero-order chi connectivity index (χ0) is 15.0. The lowest BCUT2D eigenvalue weighted by Crippen LogP contribution is -2.18. The summed E-state index contributed by atoms with van der Waals surface area (Å²) in [6.07, 6.45) is 0. The lowest BCUT2D eigenvalue weighted by atomic mass is 9.98. The van der Waals surface area contributed by atoms with Gasteiger partial charge in [0.25, 0.3) is 0 Å². The van der Waals surface area contributed by atoms with Crippen LogP contribution < -0.4 is 15.2 Å². The molecule has 1 atom stereocenters. The third-order valence-electron chi connectivity index (χ3n) is 3.31. The fourth-order valence-electron chi connectivity index (χ4n) is 2.28. The van der Waals surface area contributed by atoms with Crippen LogP contribution in [0.25, 0.3) is 0 Å². The van der Waals surface area contributed by atoms with Crippen LogP contribution in [-0.2, 0) is 0 Å². The Morgan fingerprint density at radius 2 is 1.86 bits per heavy atom. The molecule has 1 heterocycles. The normalized spacial score (nSPS) is 14.9. The van der Waals surface area contributed by atoms with Gasteiger partial charge in [0, 0.05) is 15.1 Å². The van der Waals surface area contributed by atoms with Gasteiger partial charge in [0.1, 0.15) is 19.0 Å². The van der Waals surface area contributed by atoms with E-state index in [1.165, 1.54) is 6.07 Å². The molecule has 0 fully saturated rings. The Balaban J connectivity index is 2.07. The molecule has 3 rings (SSSR count). The first-order chi connectivity index (χ1) is 10.1. The summed E-state index contributed by atoms with van der Waals surface area (Å²) in [6.45, 7) is 0.980. The highest BCUT2D eigenvalue weighted by Crippen LogP contribution is 2.40. The first-order valence-electron chi connectivity index (χ1n) is 6.36. The minimum absolute atomic E-state index is 0.261. The van der Waals surface area contributed by atoms with Crippen LogP contribution in [0.1, 0.15) is 17.2 Å². The Morgan fingerprint density at radius 3 is 2.52 bits per heavy atom. The van der Waals surface area contributed by atoms with Gasteiger partial charge >= 0.3 is 0 Å². The number of fused-ring (bicyclic) bond motifs is 1. The third kappa shape index (κ3) is 2.73. The fourth-order valence-corrected chi connectivity index (χ4v) is 3.13. The predicted octanol–water partition coefficient (Wildman–Crippen LogP) is 4.06. The second kappa shape index (κ2) is 5.83. The molecule has 1 unspecified atom stereocenters. The van der Waals surface area contributed by atoms with Crippen molar-refractivity contribution < 1.29 is 13.9 Å². The zero-order valence-electron chi connectivity index (χ0n) is 10.9. The van der Waals surface area contributed by atoms with E-state index in [4.69, 9.17) is 26.8 Å². The van der Waals surface area contributed by atoms with Crippen LogP contribution >= 0.6 is 27.5 Å². The maximum atomic E-state index is 14.0. The summed E-state index contributed by atoms with van der Waals surface area (Å²) < 4.78 is 25.8. The molecule has 110 valence electrons. The van der Waals surface area contributed by atoms with Gasteiger partial charge in [0.2, 0.25) is 0 Å². The van der Waals surface area contributed by atoms with Crippen molar-refractivity contribution in [1.29, 1.82) is 0 Å². The third-order valence-corrected chi connectivity index (χ3v) is 4.32. The standard InChI is InChI=1S/C15H12BrClFNO2/c16-9-7-13-12(20-4-5-21-13)6-8(9)15(19)14-10(17)2-1-3-11(14)18/h1-3,6-7,15H,4-5,19H2. The van der Waals surface area contributed by atoms with E-state index in [1.54, 1.807) is 24.3 Å². The molecule has 0 aliphatic carbocycles. The number of rotatable bonds is 2. The summed E-state index contributed by atoms with van der Waals surface area (Å²) in [7, 11) is 0. The lowest BCUT2D eigenvalue weighted by Gasteiger charge is -2.22. The lowest BCUT2D eigenvalue weighted by molar-refractivity contribution is 0.171. The largest absolute Gasteiger partial charge is 0.486 e. The van der Waals surface area contributed by atoms with Gasteiger partial charge in [-0.1, -0.05) is 33.6 Å². The van der Waals surface area contributed by atoms with Crippen molar-refractivity contribution >= 4 is 27.5 Å². The minimum Gasteiger partial charge on any atom is -0.486 e. The van der Waals surface area contributed by atoms with Gasteiger partial charge in [0.15, 0.2) is 11.5 Å². The van der Waals surface area contributed by atoms with Gasteiger partial charge in [-0.2, -0.15) is 0 Å². The average Bonchev–Trinajstić information content (AvgIpc) is 2.46. The molecule has 0 saturated heterocycles. The van der Waals surface area contributed by atoms with Crippen LogP contribution in [0.15, 0.2) is 34.8 Å². The summed E-state index contributed by atoms with van der Waals surface area (Å²) in [4.78, 5) is 0. The molecule has 0 amide bonds. The summed E-state index contributed by atoms with van der Waals surface area (Å²) in [5.74, 6) is 0.808. The van der Waals surface area contributed by atoms with Gasteiger partial charge < -0.3 is 15.2 Å². The molecule has 1 aliphatic rings. The van der Waals surface area contributed by atoms with E-state index in [9.17, 15) is 4.39 Å². The van der Waals surface area contributed by atoms with Crippen LogP contribution in [-0.4, -0.2) is 13.2 Å². The van der Waals surface area contributed by atoms with Gasteiger partial charge in [-0.05, 0) is 29.8 Å². The van der Waals surface area contributed by atoms with Crippen molar-refractivity contribution in [3.05, 3.63) is 56.8 Å². The monoisotopic (exact) mass is 371 g/mol. The molecule has 21 heavy (non-hydrogen) atoms. The number of halogens is 3. The van der Waals surface area contributed by atoms with Crippen molar-refractivity contribution in [2.75, 3.05) is 13.2 Å². The van der Waals surface area contributed by atoms with Crippen LogP contribution in [0, 0.1) is 5.82 Å². The minimum atomic E-state index is -0.705. The Morgan fingerprint density at radius 1 is 1.19 bits per heavy atom. The number of nitrogens with two attached hydrogens (primary N) is 1. The average molecular weight is 373 g/mol. The van der Waals surface area contributed by atoms with E-state index >= 15 is 0 Å². The number of hydrogen-bond acceptors (Lipinski definition) is 3. The molecule has 6 heteroatoms. The molecule has 1 aliphatic heterocycles. The van der Waals surface area contributed by atoms with Crippen LogP contribution in [0.3, 0.4) is 0 Å². The Hall–Kier alpha value is -1.30. The van der Waals surface area contributed by atoms with E-state index < -0.39 is 11.9 Å². The molecule has 0 bridgehead atoms. The van der Waals surface area contributed by atoms with E-state index in [2.05, 4.69) is 15.9 Å². The van der Waals surface area contributed by atoms with Gasteiger partial charge in [-0.15, -0.1) is 0 Å². The Labute approximate surface area is 134 Å². The molecule has 0 spiro atoms. The van der Waals surface area contributed by atoms with Crippen LogP contribution in [0.2, 0.25) is 5.02 Å². The van der Waals surface area contributed by atoms with Crippen molar-refractivity contribution in [3.63, 3.8) is 0 Å². The molecule has 2 aromatic rings. The highest BCUT2D eigenvalue weighted by Gasteiger charge is 2.22. The van der Waals surface area contributed by atoms with Crippen molar-refractivity contribution in [2.45, 2.75) is 6.04 Å². The Bertz CT molecular complexity index is 675. The quantitative estimate of drug-likeness (QED) is 0.864. The van der Waals surface area contributed by atoms with Crippen molar-refractivity contribution in [3.8, 4) is 11.5 Å². The SMILES string of the molecule is NC(c1cc2c(cc1Br)OCCO2)c1c(F)cccc1Cl. The molecular formula is C15H12BrClFNO2. The number of ether oxygens (including phenoxy) is 2. The summed E-state index contributed by atoms with van der Waals surface area (Å²) in [6, 6.07) is 7.33. The van der Waals surface area contributed by atoms with Gasteiger partial charge in [0.05, 0.1) is 6.04 Å². The van der Waals surface area contributed by atoms with Crippen LogP contribution in [0.4, 0.5) is 4.39 Å². The fraction of sp³-hybridized carbons (Fsp3) is 0.200. The van der Waals surface area contributed by atoms with E-state index in [1.807, 2.05) is 0 Å². The topological polar surface area (TPSA) is 44.5 Å². The van der Waals surface area contributed by atoms with Gasteiger partial charge in [-0.25, -0.2) is 4.39 Å². The predicted molar refractivity (Wildman–Crippen MR) is 82.6 cm³/mol. The molecule has 0 saturated carbocycles. The summed E-state index contributed by atoms with van der Waals surface area (Å²) in [5, 5.41) is 0.296. The molecule has 0 aromatic heterocycles. The van der Waals surface area contributed by atoms with Crippen molar-refractivity contribution in [1.82, 2.24) is 0 Å². The first-order valence-corrected chi connectivity index (χ1v) is 7.53. The molecular weight excluding hydrogens is 361 g/mol. The number of benzene rings is 2. The van der Waals surface area contributed by atoms with E-state index in [0.717, 1.165) is 4.47 Å². The molecule has 0 radical (unpaired) electrons. The summed E-state index contributed by atoms with van der Waals surface area (Å²) >= 11 is 9.52. The van der Waals surface area contributed by atoms with Crippen LogP contribution in [0.5, 0.6) is 11.5 Å². The maximum Gasteiger partial charge on any atom is 0.162 e. The van der Waals surface area contributed by atoms with E-state index in [0.29, 0.717) is 35.3 Å². The van der Waals surface area contributed by atoms with E-state index in [-0.39, 0.29) is 5.56 Å². The highest BCUT2D eigenvalue weighted by molar-refractivity contribution is 9.10. The van der Waals surface area contributed by atoms with Gasteiger partial charge in [-0.3, -0.25) is 0 Å². The number of hydrogen-bond donors (Lipinski definition) is 1. The molecule has 2 N–H and O–H groups in total. The summed E-state index contributed by atoms with van der Waals surface area (Å²) in [5.41, 5.74) is 7.15. The first kappa shape index (κ1) is 14.6. The zero-order valence-corrected chi connectivity index (χ0v) is 13.2. The Kier molecular flexibility index (Phi) is 4.06.